The number of dihydropyridines is 1. The Hall–Kier alpha value is -4.25. The molecule has 168 valence electrons. The van der Waals surface area contributed by atoms with Gasteiger partial charge in [0.05, 0.1) is 11.7 Å². The fourth-order valence-electron chi connectivity index (χ4n) is 3.89. The number of pyridine rings is 1. The highest BCUT2D eigenvalue weighted by atomic mass is 16.5. The number of benzene rings is 3. The van der Waals surface area contributed by atoms with Crippen molar-refractivity contribution in [1.82, 2.24) is 4.98 Å². The standard InChI is InChI=1S/C29H25N3O2/c1-19-14-24(18-31-20(19)2)28-17-27(12-13-30-28)34-26-9-5-8-25(16-26)32-29(33)23-11-10-21-6-3-4-7-22(21)15-23/h3-20H,1-2H3,(H,32,33). The number of aliphatic imine (C=N–C) groups is 1. The van der Waals surface area contributed by atoms with E-state index in [0.717, 1.165) is 22.0 Å². The van der Waals surface area contributed by atoms with Gasteiger partial charge in [0.25, 0.3) is 5.91 Å². The molecule has 1 N–H and O–H groups in total. The molecule has 0 saturated heterocycles. The van der Waals surface area contributed by atoms with E-state index in [2.05, 4.69) is 35.2 Å². The maximum absolute atomic E-state index is 12.8. The fraction of sp³-hybridized carbons (Fsp3) is 0.138. The molecule has 0 spiro atoms. The molecule has 3 aromatic carbocycles. The highest BCUT2D eigenvalue weighted by molar-refractivity contribution is 6.10. The number of carbonyl (C=O) groups is 1. The molecule has 4 aromatic rings. The molecule has 5 rings (SSSR count). The molecule has 2 heterocycles. The summed E-state index contributed by atoms with van der Waals surface area (Å²) in [5.41, 5.74) is 3.08. The molecule has 0 aliphatic carbocycles. The molecule has 0 bridgehead atoms. The third-order valence-electron chi connectivity index (χ3n) is 6.02. The largest absolute Gasteiger partial charge is 0.457 e. The van der Waals surface area contributed by atoms with E-state index in [4.69, 9.17) is 4.74 Å². The summed E-state index contributed by atoms with van der Waals surface area (Å²) in [5, 5.41) is 5.10. The van der Waals surface area contributed by atoms with Crippen LogP contribution < -0.4 is 10.1 Å². The van der Waals surface area contributed by atoms with E-state index in [1.165, 1.54) is 0 Å². The number of carbonyl (C=O) groups excluding carboxylic acids is 1. The van der Waals surface area contributed by atoms with Crippen molar-refractivity contribution in [2.24, 2.45) is 10.9 Å². The van der Waals surface area contributed by atoms with Crippen molar-refractivity contribution in [2.45, 2.75) is 19.9 Å². The Kier molecular flexibility index (Phi) is 5.91. The van der Waals surface area contributed by atoms with Crippen LogP contribution >= 0.6 is 0 Å². The Bertz CT molecular complexity index is 1420. The van der Waals surface area contributed by atoms with Gasteiger partial charge in [-0.25, -0.2) is 0 Å². The monoisotopic (exact) mass is 447 g/mol. The average Bonchev–Trinajstić information content (AvgIpc) is 2.86. The average molecular weight is 448 g/mol. The van der Waals surface area contributed by atoms with Crippen molar-refractivity contribution in [2.75, 3.05) is 5.32 Å². The molecule has 1 amide bonds. The highest BCUT2D eigenvalue weighted by Gasteiger charge is 2.15. The van der Waals surface area contributed by atoms with Gasteiger partial charge in [0.2, 0.25) is 0 Å². The molecule has 1 aliphatic heterocycles. The van der Waals surface area contributed by atoms with Crippen LogP contribution in [-0.4, -0.2) is 23.1 Å². The zero-order valence-electron chi connectivity index (χ0n) is 19.1. The number of ether oxygens (including phenoxy) is 1. The van der Waals surface area contributed by atoms with Crippen LogP contribution in [0.3, 0.4) is 0 Å². The summed E-state index contributed by atoms with van der Waals surface area (Å²) in [6, 6.07) is 25.0. The first-order valence-corrected chi connectivity index (χ1v) is 11.3. The molecule has 5 nitrogen and oxygen atoms in total. The van der Waals surface area contributed by atoms with E-state index in [1.807, 2.05) is 85.1 Å². The first-order chi connectivity index (χ1) is 16.5. The lowest BCUT2D eigenvalue weighted by Crippen LogP contribution is -2.14. The summed E-state index contributed by atoms with van der Waals surface area (Å²) in [5.74, 6) is 1.49. The predicted molar refractivity (Wildman–Crippen MR) is 138 cm³/mol. The molecular formula is C29H25N3O2. The summed E-state index contributed by atoms with van der Waals surface area (Å²) in [4.78, 5) is 21.8. The van der Waals surface area contributed by atoms with Crippen LogP contribution in [0.1, 0.15) is 29.9 Å². The molecule has 0 fully saturated rings. The van der Waals surface area contributed by atoms with Gasteiger partial charge in [0.15, 0.2) is 0 Å². The van der Waals surface area contributed by atoms with Gasteiger partial charge in [-0.05, 0) is 53.9 Å². The van der Waals surface area contributed by atoms with E-state index in [1.54, 1.807) is 6.20 Å². The number of nitrogens with zero attached hydrogens (tertiary/aromatic N) is 2. The Labute approximate surface area is 198 Å². The van der Waals surface area contributed by atoms with Crippen LogP contribution in [0.4, 0.5) is 5.69 Å². The number of nitrogens with one attached hydrogen (secondary N) is 1. The lowest BCUT2D eigenvalue weighted by atomic mass is 9.96. The Morgan fingerprint density at radius 3 is 2.56 bits per heavy atom. The van der Waals surface area contributed by atoms with Crippen molar-refractivity contribution < 1.29 is 9.53 Å². The first kappa shape index (κ1) is 21.6. The zero-order valence-corrected chi connectivity index (χ0v) is 19.1. The van der Waals surface area contributed by atoms with E-state index in [-0.39, 0.29) is 11.9 Å². The topological polar surface area (TPSA) is 63.6 Å². The third-order valence-corrected chi connectivity index (χ3v) is 6.02. The Morgan fingerprint density at radius 1 is 0.882 bits per heavy atom. The van der Waals surface area contributed by atoms with Crippen molar-refractivity contribution in [3.63, 3.8) is 0 Å². The minimum absolute atomic E-state index is 0.166. The molecule has 0 saturated carbocycles. The predicted octanol–water partition coefficient (Wildman–Crippen LogP) is 6.77. The third kappa shape index (κ3) is 4.74. The minimum atomic E-state index is -0.166. The van der Waals surface area contributed by atoms with Crippen LogP contribution in [0.15, 0.2) is 96.1 Å². The van der Waals surface area contributed by atoms with E-state index in [9.17, 15) is 4.79 Å². The van der Waals surface area contributed by atoms with Gasteiger partial charge >= 0.3 is 0 Å². The molecule has 1 aromatic heterocycles. The van der Waals surface area contributed by atoms with Crippen molar-refractivity contribution in [3.05, 3.63) is 102 Å². The fourth-order valence-corrected chi connectivity index (χ4v) is 3.89. The van der Waals surface area contributed by atoms with Gasteiger partial charge in [0.1, 0.15) is 11.5 Å². The molecular weight excluding hydrogens is 422 g/mol. The van der Waals surface area contributed by atoms with Crippen LogP contribution in [-0.2, 0) is 0 Å². The second-order valence-electron chi connectivity index (χ2n) is 8.52. The lowest BCUT2D eigenvalue weighted by molar-refractivity contribution is 0.102. The van der Waals surface area contributed by atoms with Crippen LogP contribution in [0.25, 0.3) is 16.3 Å². The number of rotatable bonds is 5. The summed E-state index contributed by atoms with van der Waals surface area (Å²) in [6.45, 7) is 4.26. The Morgan fingerprint density at radius 2 is 1.71 bits per heavy atom. The summed E-state index contributed by atoms with van der Waals surface area (Å²) >= 11 is 0. The van der Waals surface area contributed by atoms with Gasteiger partial charge in [-0.3, -0.25) is 14.8 Å². The number of fused-ring (bicyclic) bond motifs is 1. The van der Waals surface area contributed by atoms with Crippen molar-refractivity contribution >= 4 is 34.2 Å². The summed E-state index contributed by atoms with van der Waals surface area (Å²) in [7, 11) is 0. The van der Waals surface area contributed by atoms with E-state index in [0.29, 0.717) is 28.7 Å². The number of amides is 1. The number of aromatic nitrogens is 1. The lowest BCUT2D eigenvalue weighted by Gasteiger charge is -2.18. The normalized spacial score (nSPS) is 17.3. The van der Waals surface area contributed by atoms with Gasteiger partial charge in [-0.1, -0.05) is 49.4 Å². The van der Waals surface area contributed by atoms with Crippen LogP contribution in [0, 0.1) is 5.92 Å². The second-order valence-corrected chi connectivity index (χ2v) is 8.52. The number of allylic oxidation sites excluding steroid dienone is 1. The zero-order chi connectivity index (χ0) is 23.5. The maximum atomic E-state index is 12.8. The maximum Gasteiger partial charge on any atom is 0.255 e. The van der Waals surface area contributed by atoms with Crippen LogP contribution in [0.5, 0.6) is 11.5 Å². The first-order valence-electron chi connectivity index (χ1n) is 11.3. The van der Waals surface area contributed by atoms with E-state index < -0.39 is 0 Å². The SMILES string of the molecule is CC1C=C(c2cc(Oc3cccc(NC(=O)c4ccc5ccccc5c4)c3)ccn2)C=NC1C. The number of hydrogen-bond donors (Lipinski definition) is 1. The van der Waals surface area contributed by atoms with E-state index >= 15 is 0 Å². The van der Waals surface area contributed by atoms with Crippen LogP contribution in [0.2, 0.25) is 0 Å². The number of hydrogen-bond acceptors (Lipinski definition) is 4. The second kappa shape index (κ2) is 9.32. The minimum Gasteiger partial charge on any atom is -0.457 e. The molecule has 2 unspecified atom stereocenters. The van der Waals surface area contributed by atoms with Gasteiger partial charge in [0, 0.05) is 41.4 Å². The molecule has 5 heteroatoms. The molecule has 2 atom stereocenters. The van der Waals surface area contributed by atoms with Crippen molar-refractivity contribution in [1.29, 1.82) is 0 Å². The van der Waals surface area contributed by atoms with Gasteiger partial charge in [-0.15, -0.1) is 0 Å². The van der Waals surface area contributed by atoms with Gasteiger partial charge in [-0.2, -0.15) is 0 Å². The highest BCUT2D eigenvalue weighted by Crippen LogP contribution is 2.28. The van der Waals surface area contributed by atoms with Crippen molar-refractivity contribution in [3.8, 4) is 11.5 Å². The summed E-state index contributed by atoms with van der Waals surface area (Å²) in [6.07, 6.45) is 5.79. The molecule has 1 aliphatic rings. The quantitative estimate of drug-likeness (QED) is 0.367. The summed E-state index contributed by atoms with van der Waals surface area (Å²) < 4.78 is 6.08. The van der Waals surface area contributed by atoms with Gasteiger partial charge < -0.3 is 10.1 Å². The smallest absolute Gasteiger partial charge is 0.255 e. The Balaban J connectivity index is 1.31. The molecule has 34 heavy (non-hydrogen) atoms. The number of anilines is 1. The molecule has 0 radical (unpaired) electrons.